The molecule has 0 radical (unpaired) electrons. The van der Waals surface area contributed by atoms with Crippen LogP contribution in [0.4, 0.5) is 13.2 Å². The molecule has 3 aromatic rings. The van der Waals surface area contributed by atoms with Crippen molar-refractivity contribution in [3.63, 3.8) is 0 Å². The van der Waals surface area contributed by atoms with Gasteiger partial charge in [0.05, 0.1) is 5.56 Å². The van der Waals surface area contributed by atoms with Gasteiger partial charge < -0.3 is 9.52 Å². The van der Waals surface area contributed by atoms with Crippen LogP contribution < -0.4 is 0 Å². The zero-order valence-corrected chi connectivity index (χ0v) is 13.6. The summed E-state index contributed by atoms with van der Waals surface area (Å²) in [6.45, 7) is 0. The molecule has 0 unspecified atom stereocenters. The first kappa shape index (κ1) is 17.8. The lowest BCUT2D eigenvalue weighted by atomic mass is 10.2. The van der Waals surface area contributed by atoms with Crippen molar-refractivity contribution in [1.29, 1.82) is 0 Å². The minimum atomic E-state index is -4.44. The van der Waals surface area contributed by atoms with Gasteiger partial charge in [-0.1, -0.05) is 17.8 Å². The number of aliphatic hydroxyl groups excluding tert-OH is 1. The Kier molecular flexibility index (Phi) is 4.85. The molecule has 0 fully saturated rings. The maximum absolute atomic E-state index is 12.7. The third kappa shape index (κ3) is 4.14. The predicted molar refractivity (Wildman–Crippen MR) is 85.6 cm³/mol. The summed E-state index contributed by atoms with van der Waals surface area (Å²) in [6, 6.07) is 7.57. The van der Waals surface area contributed by atoms with Gasteiger partial charge >= 0.3 is 6.18 Å². The number of benzene rings is 1. The smallest absolute Gasteiger partial charge is 0.416 e. The zero-order chi connectivity index (χ0) is 18.7. The molecule has 6 nitrogen and oxygen atoms in total. The summed E-state index contributed by atoms with van der Waals surface area (Å²) in [5.74, 6) is -1.11. The van der Waals surface area contributed by atoms with Gasteiger partial charge in [-0.15, -0.1) is 0 Å². The number of carbonyl (C=O) groups excluding carboxylic acids is 1. The van der Waals surface area contributed by atoms with E-state index in [9.17, 15) is 23.1 Å². The normalized spacial score (nSPS) is 12.3. The number of rotatable bonds is 5. The molecule has 0 spiro atoms. The molecule has 1 aromatic carbocycles. The molecule has 0 aliphatic heterocycles. The predicted octanol–water partition coefficient (Wildman–Crippen LogP) is 4.35. The van der Waals surface area contributed by atoms with E-state index < -0.39 is 23.3 Å². The van der Waals surface area contributed by atoms with Gasteiger partial charge in [-0.05, 0) is 30.3 Å². The first-order valence-electron chi connectivity index (χ1n) is 7.08. The van der Waals surface area contributed by atoms with Gasteiger partial charge in [-0.2, -0.15) is 18.3 Å². The highest BCUT2D eigenvalue weighted by atomic mass is 32.2. The summed E-state index contributed by atoms with van der Waals surface area (Å²) in [4.78, 5) is 16.1. The first-order chi connectivity index (χ1) is 12.3. The summed E-state index contributed by atoms with van der Waals surface area (Å²) >= 11 is 0.942. The van der Waals surface area contributed by atoms with Crippen molar-refractivity contribution in [2.75, 3.05) is 0 Å². The van der Waals surface area contributed by atoms with Gasteiger partial charge in [-0.3, -0.25) is 9.89 Å². The fraction of sp³-hybridized carbons (Fsp3) is 0.0625. The van der Waals surface area contributed by atoms with E-state index in [0.29, 0.717) is 4.90 Å². The number of nitrogens with one attached hydrogen (secondary N) is 1. The second kappa shape index (κ2) is 7.08. The Morgan fingerprint density at radius 3 is 2.77 bits per heavy atom. The third-order valence-corrected chi connectivity index (χ3v) is 4.04. The van der Waals surface area contributed by atoms with Gasteiger partial charge in [-0.25, -0.2) is 4.98 Å². The molecule has 0 saturated carbocycles. The van der Waals surface area contributed by atoms with E-state index in [0.717, 1.165) is 30.0 Å². The van der Waals surface area contributed by atoms with E-state index in [2.05, 4.69) is 15.2 Å². The lowest BCUT2D eigenvalue weighted by molar-refractivity contribution is -0.137. The second-order valence-corrected chi connectivity index (χ2v) is 6.05. The van der Waals surface area contributed by atoms with Crippen LogP contribution >= 0.6 is 11.8 Å². The van der Waals surface area contributed by atoms with Gasteiger partial charge in [0.15, 0.2) is 22.4 Å². The SMILES string of the molecule is O=C(C=C(O)c1ncn[nH]1)c1ccc(Sc2cccc(C(F)(F)F)c2)o1. The number of aromatic amines is 1. The average molecular weight is 381 g/mol. The van der Waals surface area contributed by atoms with E-state index in [1.165, 1.54) is 30.6 Å². The van der Waals surface area contributed by atoms with E-state index in [4.69, 9.17) is 4.42 Å². The monoisotopic (exact) mass is 381 g/mol. The van der Waals surface area contributed by atoms with Crippen LogP contribution in [0.2, 0.25) is 0 Å². The molecule has 0 bridgehead atoms. The summed E-state index contributed by atoms with van der Waals surface area (Å²) in [6.07, 6.45) is -2.37. The van der Waals surface area contributed by atoms with Crippen LogP contribution in [0.3, 0.4) is 0 Å². The van der Waals surface area contributed by atoms with E-state index >= 15 is 0 Å². The number of aromatic nitrogens is 3. The van der Waals surface area contributed by atoms with Crippen molar-refractivity contribution in [2.24, 2.45) is 0 Å². The largest absolute Gasteiger partial charge is 0.504 e. The Bertz CT molecular complexity index is 949. The van der Waals surface area contributed by atoms with Gasteiger partial charge in [0.1, 0.15) is 6.33 Å². The number of alkyl halides is 3. The summed E-state index contributed by atoms with van der Waals surface area (Å²) in [7, 11) is 0. The maximum atomic E-state index is 12.7. The van der Waals surface area contributed by atoms with Crippen molar-refractivity contribution in [3.05, 3.63) is 65.9 Å². The molecule has 134 valence electrons. The number of hydrogen-bond acceptors (Lipinski definition) is 6. The summed E-state index contributed by atoms with van der Waals surface area (Å²) < 4.78 is 43.5. The van der Waals surface area contributed by atoms with E-state index in [1.54, 1.807) is 0 Å². The number of hydrogen-bond donors (Lipinski definition) is 2. The van der Waals surface area contributed by atoms with Gasteiger partial charge in [0.2, 0.25) is 5.78 Å². The van der Waals surface area contributed by atoms with Crippen molar-refractivity contribution in [1.82, 2.24) is 15.2 Å². The average Bonchev–Trinajstić information content (AvgIpc) is 3.26. The standard InChI is InChI=1S/C16H10F3N3O3S/c17-16(18,19)9-2-1-3-10(6-9)26-14-5-4-13(25-14)11(23)7-12(24)15-20-8-21-22-15/h1-8,24H,(H,20,21,22). The van der Waals surface area contributed by atoms with Crippen molar-refractivity contribution in [3.8, 4) is 0 Å². The highest BCUT2D eigenvalue weighted by molar-refractivity contribution is 7.99. The van der Waals surface area contributed by atoms with Crippen LogP contribution in [-0.4, -0.2) is 26.1 Å². The topological polar surface area (TPSA) is 92.0 Å². The molecule has 2 N–H and O–H groups in total. The van der Waals surface area contributed by atoms with Crippen LogP contribution in [0.5, 0.6) is 0 Å². The Morgan fingerprint density at radius 2 is 2.08 bits per heavy atom. The lowest BCUT2D eigenvalue weighted by Gasteiger charge is -2.07. The van der Waals surface area contributed by atoms with Gasteiger partial charge in [0, 0.05) is 11.0 Å². The molecule has 0 aliphatic carbocycles. The number of nitrogens with zero attached hydrogens (tertiary/aromatic N) is 2. The zero-order valence-electron chi connectivity index (χ0n) is 12.8. The maximum Gasteiger partial charge on any atom is 0.416 e. The fourth-order valence-electron chi connectivity index (χ4n) is 1.95. The molecule has 0 atom stereocenters. The highest BCUT2D eigenvalue weighted by Gasteiger charge is 2.30. The number of ketones is 1. The molecular weight excluding hydrogens is 371 g/mol. The quantitative estimate of drug-likeness (QED) is 0.388. The van der Waals surface area contributed by atoms with Crippen molar-refractivity contribution in [2.45, 2.75) is 16.2 Å². The molecule has 26 heavy (non-hydrogen) atoms. The second-order valence-electron chi connectivity index (χ2n) is 4.97. The lowest BCUT2D eigenvalue weighted by Crippen LogP contribution is -2.04. The molecule has 0 amide bonds. The first-order valence-corrected chi connectivity index (χ1v) is 7.90. The van der Waals surface area contributed by atoms with Gasteiger partial charge in [0.25, 0.3) is 0 Å². The van der Waals surface area contributed by atoms with E-state index in [1.807, 2.05) is 0 Å². The number of aliphatic hydroxyl groups is 1. The molecule has 2 aromatic heterocycles. The number of H-pyrrole nitrogens is 1. The Labute approximate surface area is 148 Å². The number of allylic oxidation sites excluding steroid dienone is 1. The minimum Gasteiger partial charge on any atom is -0.504 e. The molecule has 0 saturated heterocycles. The summed E-state index contributed by atoms with van der Waals surface area (Å²) in [5, 5.41) is 15.9. The Morgan fingerprint density at radius 1 is 1.27 bits per heavy atom. The fourth-order valence-corrected chi connectivity index (χ4v) is 2.78. The van der Waals surface area contributed by atoms with E-state index in [-0.39, 0.29) is 16.7 Å². The minimum absolute atomic E-state index is 0.0171. The Hall–Kier alpha value is -3.01. The van der Waals surface area contributed by atoms with Crippen LogP contribution in [0.1, 0.15) is 21.9 Å². The highest BCUT2D eigenvalue weighted by Crippen LogP contribution is 2.35. The molecule has 3 rings (SSSR count). The molecular formula is C16H10F3N3O3S. The summed E-state index contributed by atoms with van der Waals surface area (Å²) in [5.41, 5.74) is -0.773. The van der Waals surface area contributed by atoms with Crippen LogP contribution in [0.15, 0.2) is 63.2 Å². The van der Waals surface area contributed by atoms with Crippen LogP contribution in [0.25, 0.3) is 5.76 Å². The van der Waals surface area contributed by atoms with Crippen molar-refractivity contribution < 1.29 is 27.5 Å². The number of halogens is 3. The Balaban J connectivity index is 1.74. The number of furan rings is 1. The molecule has 0 aliphatic rings. The number of carbonyl (C=O) groups is 1. The third-order valence-electron chi connectivity index (χ3n) is 3.13. The van der Waals surface area contributed by atoms with Crippen LogP contribution in [0, 0.1) is 0 Å². The van der Waals surface area contributed by atoms with Crippen molar-refractivity contribution >= 4 is 23.3 Å². The molecule has 2 heterocycles. The molecule has 10 heteroatoms. The van der Waals surface area contributed by atoms with Crippen LogP contribution in [-0.2, 0) is 6.18 Å².